The number of rotatable bonds is 10. The number of carboxylic acids is 1. The van der Waals surface area contributed by atoms with Crippen LogP contribution in [0.3, 0.4) is 0 Å². The highest BCUT2D eigenvalue weighted by Crippen LogP contribution is 2.09. The van der Waals surface area contributed by atoms with Crippen LogP contribution in [0.4, 0.5) is 0 Å². The molecule has 0 radical (unpaired) electrons. The summed E-state index contributed by atoms with van der Waals surface area (Å²) >= 11 is 0. The molecule has 0 fully saturated rings. The van der Waals surface area contributed by atoms with Crippen molar-refractivity contribution in [3.63, 3.8) is 0 Å². The number of hydrogen-bond acceptors (Lipinski definition) is 4. The van der Waals surface area contributed by atoms with Gasteiger partial charge in [0.05, 0.1) is 26.2 Å². The Labute approximate surface area is 113 Å². The van der Waals surface area contributed by atoms with Gasteiger partial charge in [-0.05, 0) is 11.1 Å². The molecule has 0 heterocycles. The number of aliphatic carboxylic acids is 1. The number of carboxylic acid groups (broad SMARTS) is 1. The normalized spacial score (nSPS) is 10.6. The fraction of sp³-hybridized carbons (Fsp3) is 0.500. The number of ether oxygens (including phenoxy) is 2. The SMILES string of the molecule is COCCOCCNCc1ccccc1CC(=O)O. The molecule has 0 aliphatic carbocycles. The van der Waals surface area contributed by atoms with E-state index in [1.807, 2.05) is 24.3 Å². The van der Waals surface area contributed by atoms with Crippen LogP contribution >= 0.6 is 0 Å². The van der Waals surface area contributed by atoms with Gasteiger partial charge in [0.1, 0.15) is 0 Å². The third-order valence-electron chi connectivity index (χ3n) is 2.63. The Morgan fingerprint density at radius 3 is 2.63 bits per heavy atom. The summed E-state index contributed by atoms with van der Waals surface area (Å²) in [5.41, 5.74) is 1.87. The first-order valence-electron chi connectivity index (χ1n) is 6.30. The van der Waals surface area contributed by atoms with Gasteiger partial charge >= 0.3 is 5.97 Å². The first kappa shape index (κ1) is 15.6. The van der Waals surface area contributed by atoms with Crippen LogP contribution in [0.15, 0.2) is 24.3 Å². The Hall–Kier alpha value is -1.43. The molecule has 19 heavy (non-hydrogen) atoms. The van der Waals surface area contributed by atoms with Crippen molar-refractivity contribution in [1.29, 1.82) is 0 Å². The van der Waals surface area contributed by atoms with Crippen molar-refractivity contribution in [2.45, 2.75) is 13.0 Å². The first-order valence-corrected chi connectivity index (χ1v) is 6.30. The van der Waals surface area contributed by atoms with Crippen molar-refractivity contribution in [1.82, 2.24) is 5.32 Å². The van der Waals surface area contributed by atoms with Gasteiger partial charge in [0.25, 0.3) is 0 Å². The van der Waals surface area contributed by atoms with E-state index in [0.717, 1.165) is 17.7 Å². The molecule has 0 atom stereocenters. The monoisotopic (exact) mass is 267 g/mol. The number of hydrogen-bond donors (Lipinski definition) is 2. The molecule has 2 N–H and O–H groups in total. The van der Waals surface area contributed by atoms with Crippen molar-refractivity contribution in [2.24, 2.45) is 0 Å². The van der Waals surface area contributed by atoms with E-state index >= 15 is 0 Å². The maximum Gasteiger partial charge on any atom is 0.307 e. The van der Waals surface area contributed by atoms with Crippen LogP contribution in [0.2, 0.25) is 0 Å². The van der Waals surface area contributed by atoms with Crippen molar-refractivity contribution in [3.05, 3.63) is 35.4 Å². The van der Waals surface area contributed by atoms with Gasteiger partial charge in [-0.1, -0.05) is 24.3 Å². The third kappa shape index (κ3) is 6.91. The molecule has 106 valence electrons. The summed E-state index contributed by atoms with van der Waals surface area (Å²) in [5, 5.41) is 12.1. The van der Waals surface area contributed by atoms with E-state index in [-0.39, 0.29) is 6.42 Å². The molecule has 5 nitrogen and oxygen atoms in total. The van der Waals surface area contributed by atoms with E-state index in [9.17, 15) is 4.79 Å². The molecule has 0 aliphatic heterocycles. The second kappa shape index (κ2) is 9.49. The largest absolute Gasteiger partial charge is 0.481 e. The third-order valence-corrected chi connectivity index (χ3v) is 2.63. The van der Waals surface area contributed by atoms with E-state index in [2.05, 4.69) is 5.32 Å². The Morgan fingerprint density at radius 1 is 1.21 bits per heavy atom. The average Bonchev–Trinajstić information content (AvgIpc) is 2.39. The smallest absolute Gasteiger partial charge is 0.307 e. The molecule has 0 amide bonds. The minimum atomic E-state index is -0.810. The van der Waals surface area contributed by atoms with Crippen LogP contribution in [-0.2, 0) is 27.2 Å². The predicted molar refractivity (Wildman–Crippen MR) is 72.2 cm³/mol. The number of benzene rings is 1. The van der Waals surface area contributed by atoms with E-state index in [1.165, 1.54) is 0 Å². The summed E-state index contributed by atoms with van der Waals surface area (Å²) in [5.74, 6) is -0.810. The molecule has 0 spiro atoms. The molecule has 1 aromatic carbocycles. The number of nitrogens with one attached hydrogen (secondary N) is 1. The van der Waals surface area contributed by atoms with Gasteiger partial charge < -0.3 is 19.9 Å². The highest BCUT2D eigenvalue weighted by Gasteiger charge is 2.05. The van der Waals surface area contributed by atoms with Crippen LogP contribution in [0.5, 0.6) is 0 Å². The van der Waals surface area contributed by atoms with E-state index in [0.29, 0.717) is 26.4 Å². The molecule has 1 rings (SSSR count). The fourth-order valence-corrected chi connectivity index (χ4v) is 1.68. The van der Waals surface area contributed by atoms with Gasteiger partial charge in [-0.15, -0.1) is 0 Å². The lowest BCUT2D eigenvalue weighted by molar-refractivity contribution is -0.136. The Kier molecular flexibility index (Phi) is 7.81. The van der Waals surface area contributed by atoms with Crippen LogP contribution in [0, 0.1) is 0 Å². The molecule has 1 aromatic rings. The zero-order valence-corrected chi connectivity index (χ0v) is 11.2. The summed E-state index contributed by atoms with van der Waals surface area (Å²) in [6.07, 6.45) is 0.0577. The quantitative estimate of drug-likeness (QED) is 0.621. The highest BCUT2D eigenvalue weighted by molar-refractivity contribution is 5.70. The van der Waals surface area contributed by atoms with E-state index in [4.69, 9.17) is 14.6 Å². The summed E-state index contributed by atoms with van der Waals surface area (Å²) < 4.78 is 10.2. The first-order chi connectivity index (χ1) is 9.24. The van der Waals surface area contributed by atoms with Crippen LogP contribution in [-0.4, -0.2) is 44.6 Å². The number of methoxy groups -OCH3 is 1. The maximum absolute atomic E-state index is 10.7. The zero-order chi connectivity index (χ0) is 13.9. The fourth-order valence-electron chi connectivity index (χ4n) is 1.68. The summed E-state index contributed by atoms with van der Waals surface area (Å²) in [6, 6.07) is 7.56. The lowest BCUT2D eigenvalue weighted by Gasteiger charge is -2.09. The van der Waals surface area contributed by atoms with E-state index in [1.54, 1.807) is 7.11 Å². The van der Waals surface area contributed by atoms with Crippen LogP contribution in [0.1, 0.15) is 11.1 Å². The minimum absolute atomic E-state index is 0.0577. The minimum Gasteiger partial charge on any atom is -0.481 e. The zero-order valence-electron chi connectivity index (χ0n) is 11.2. The molecule has 0 aliphatic rings. The lowest BCUT2D eigenvalue weighted by atomic mass is 10.0. The van der Waals surface area contributed by atoms with Gasteiger partial charge in [0.15, 0.2) is 0 Å². The average molecular weight is 267 g/mol. The predicted octanol–water partition coefficient (Wildman–Crippen LogP) is 1.07. The molecular weight excluding hydrogens is 246 g/mol. The lowest BCUT2D eigenvalue weighted by Crippen LogP contribution is -2.21. The van der Waals surface area contributed by atoms with Gasteiger partial charge in [-0.3, -0.25) is 4.79 Å². The number of carbonyl (C=O) groups is 1. The molecule has 0 saturated carbocycles. The maximum atomic E-state index is 10.7. The Morgan fingerprint density at radius 2 is 1.95 bits per heavy atom. The summed E-state index contributed by atoms with van der Waals surface area (Å²) in [6.45, 7) is 3.18. The van der Waals surface area contributed by atoms with Gasteiger partial charge in [-0.2, -0.15) is 0 Å². The molecular formula is C14H21NO4. The van der Waals surface area contributed by atoms with Gasteiger partial charge in [0, 0.05) is 20.2 Å². The second-order valence-corrected chi connectivity index (χ2v) is 4.12. The molecule has 0 unspecified atom stereocenters. The molecule has 0 bridgehead atoms. The molecule has 0 saturated heterocycles. The van der Waals surface area contributed by atoms with Crippen molar-refractivity contribution in [3.8, 4) is 0 Å². The highest BCUT2D eigenvalue weighted by atomic mass is 16.5. The standard InChI is InChI=1S/C14H21NO4/c1-18-8-9-19-7-6-15-11-13-5-3-2-4-12(13)10-14(16)17/h2-5,15H,6-11H2,1H3,(H,16,17). The van der Waals surface area contributed by atoms with Gasteiger partial charge in [-0.25, -0.2) is 0 Å². The molecule has 0 aromatic heterocycles. The van der Waals surface area contributed by atoms with Crippen LogP contribution in [0.25, 0.3) is 0 Å². The van der Waals surface area contributed by atoms with Crippen molar-refractivity contribution in [2.75, 3.05) is 33.5 Å². The topological polar surface area (TPSA) is 67.8 Å². The summed E-state index contributed by atoms with van der Waals surface area (Å²) in [7, 11) is 1.64. The van der Waals surface area contributed by atoms with Crippen molar-refractivity contribution >= 4 is 5.97 Å². The summed E-state index contributed by atoms with van der Waals surface area (Å²) in [4.78, 5) is 10.7. The second-order valence-electron chi connectivity index (χ2n) is 4.12. The Balaban J connectivity index is 2.26. The van der Waals surface area contributed by atoms with Gasteiger partial charge in [0.2, 0.25) is 0 Å². The van der Waals surface area contributed by atoms with Crippen LogP contribution < -0.4 is 5.32 Å². The molecule has 5 heteroatoms. The van der Waals surface area contributed by atoms with E-state index < -0.39 is 5.97 Å². The Bertz CT molecular complexity index is 381. The van der Waals surface area contributed by atoms with Crippen molar-refractivity contribution < 1.29 is 19.4 Å².